The van der Waals surface area contributed by atoms with E-state index in [4.69, 9.17) is 9.47 Å². The summed E-state index contributed by atoms with van der Waals surface area (Å²) in [6, 6.07) is 9.56. The van der Waals surface area contributed by atoms with E-state index >= 15 is 0 Å². The van der Waals surface area contributed by atoms with Gasteiger partial charge in [-0.15, -0.1) is 11.8 Å². The number of hydrogen-bond donors (Lipinski definition) is 2. The summed E-state index contributed by atoms with van der Waals surface area (Å²) in [6.45, 7) is 2.08. The third-order valence-electron chi connectivity index (χ3n) is 3.96. The second-order valence-corrected chi connectivity index (χ2v) is 9.17. The fraction of sp³-hybridized carbons (Fsp3) is 0.235. The monoisotopic (exact) mass is 392 g/mol. The highest BCUT2D eigenvalue weighted by Gasteiger charge is 2.23. The average molecular weight is 392 g/mol. The normalized spacial score (nSPS) is 18.7. The molecule has 136 valence electrons. The first-order valence-electron chi connectivity index (χ1n) is 7.94. The summed E-state index contributed by atoms with van der Waals surface area (Å²) in [5, 5.41) is 2.90. The van der Waals surface area contributed by atoms with Crippen LogP contribution in [0.1, 0.15) is 13.3 Å². The van der Waals surface area contributed by atoms with Crippen LogP contribution in [0, 0.1) is 0 Å². The van der Waals surface area contributed by atoms with E-state index in [1.807, 2.05) is 6.92 Å². The maximum Gasteiger partial charge on any atom is 0.261 e. The third kappa shape index (κ3) is 3.32. The molecule has 2 N–H and O–H groups in total. The third-order valence-corrected chi connectivity index (χ3v) is 6.52. The van der Waals surface area contributed by atoms with E-state index in [-0.39, 0.29) is 22.8 Å². The van der Waals surface area contributed by atoms with Gasteiger partial charge in [0.05, 0.1) is 16.3 Å². The first-order chi connectivity index (χ1) is 12.4. The number of hydrogen-bond acceptors (Lipinski definition) is 6. The summed E-state index contributed by atoms with van der Waals surface area (Å²) in [6.07, 6.45) is 0.386. The van der Waals surface area contributed by atoms with Crippen molar-refractivity contribution in [1.29, 1.82) is 0 Å². The van der Waals surface area contributed by atoms with Gasteiger partial charge >= 0.3 is 0 Å². The molecule has 4 rings (SSSR count). The first-order valence-corrected chi connectivity index (χ1v) is 10.3. The number of carbonyl (C=O) groups is 1. The molecule has 0 unspecified atom stereocenters. The smallest absolute Gasteiger partial charge is 0.261 e. The van der Waals surface area contributed by atoms with Gasteiger partial charge in [0, 0.05) is 22.6 Å². The van der Waals surface area contributed by atoms with Gasteiger partial charge in [0.25, 0.3) is 10.0 Å². The van der Waals surface area contributed by atoms with Gasteiger partial charge in [0.2, 0.25) is 12.7 Å². The standard InChI is InChI=1S/C17H16N2O5S2/c1-10-6-17(20)18-13-8-12(3-5-16(13)25-10)26(21,22)19-11-2-4-14-15(7-11)24-9-23-14/h2-5,7-8,10,19H,6,9H2,1H3,(H,18,20)/t10-/m1/s1. The van der Waals surface area contributed by atoms with Crippen LogP contribution < -0.4 is 19.5 Å². The molecule has 9 heteroatoms. The summed E-state index contributed by atoms with van der Waals surface area (Å²) in [5.74, 6) is 0.943. The van der Waals surface area contributed by atoms with Gasteiger partial charge in [-0.3, -0.25) is 9.52 Å². The molecule has 1 atom stereocenters. The lowest BCUT2D eigenvalue weighted by atomic mass is 10.3. The molecule has 0 saturated heterocycles. The summed E-state index contributed by atoms with van der Waals surface area (Å²) in [4.78, 5) is 12.8. The van der Waals surface area contributed by atoms with Crippen molar-refractivity contribution in [2.45, 2.75) is 28.4 Å². The Kier molecular flexibility index (Phi) is 4.20. The number of carbonyl (C=O) groups excluding carboxylic acids is 1. The summed E-state index contributed by atoms with van der Waals surface area (Å²) in [5.41, 5.74) is 0.883. The summed E-state index contributed by atoms with van der Waals surface area (Å²) in [7, 11) is -3.81. The molecular formula is C17H16N2O5S2. The first kappa shape index (κ1) is 17.0. The van der Waals surface area contributed by atoms with E-state index in [0.717, 1.165) is 4.90 Å². The van der Waals surface area contributed by atoms with Crippen LogP contribution in [-0.4, -0.2) is 26.4 Å². The topological polar surface area (TPSA) is 93.7 Å². The molecule has 0 radical (unpaired) electrons. The van der Waals surface area contributed by atoms with E-state index < -0.39 is 10.0 Å². The van der Waals surface area contributed by atoms with Crippen LogP contribution in [0.25, 0.3) is 0 Å². The Morgan fingerprint density at radius 3 is 2.81 bits per heavy atom. The summed E-state index contributed by atoms with van der Waals surface area (Å²) < 4.78 is 38.4. The van der Waals surface area contributed by atoms with Gasteiger partial charge in [0.15, 0.2) is 11.5 Å². The summed E-state index contributed by atoms with van der Waals surface area (Å²) >= 11 is 1.54. The molecule has 0 saturated carbocycles. The van der Waals surface area contributed by atoms with E-state index in [9.17, 15) is 13.2 Å². The van der Waals surface area contributed by atoms with Crippen molar-refractivity contribution >= 4 is 39.1 Å². The van der Waals surface area contributed by atoms with Crippen LogP contribution in [0.4, 0.5) is 11.4 Å². The van der Waals surface area contributed by atoms with Crippen LogP contribution in [0.3, 0.4) is 0 Å². The molecule has 7 nitrogen and oxygen atoms in total. The SMILES string of the molecule is C[C@@H]1CC(=O)Nc2cc(S(=O)(=O)Nc3ccc4c(c3)OCO4)ccc2S1. The largest absolute Gasteiger partial charge is 0.454 e. The highest BCUT2D eigenvalue weighted by molar-refractivity contribution is 8.00. The van der Waals surface area contributed by atoms with Gasteiger partial charge in [-0.25, -0.2) is 8.42 Å². The van der Waals surface area contributed by atoms with Gasteiger partial charge < -0.3 is 14.8 Å². The zero-order chi connectivity index (χ0) is 18.3. The molecule has 0 spiro atoms. The van der Waals surface area contributed by atoms with Crippen molar-refractivity contribution in [2.75, 3.05) is 16.8 Å². The predicted octanol–water partition coefficient (Wildman–Crippen LogP) is 3.04. The molecule has 0 aromatic heterocycles. The van der Waals surface area contributed by atoms with E-state index in [1.54, 1.807) is 36.0 Å². The highest BCUT2D eigenvalue weighted by atomic mass is 32.2. The van der Waals surface area contributed by atoms with Crippen molar-refractivity contribution in [3.8, 4) is 11.5 Å². The van der Waals surface area contributed by atoms with Crippen molar-refractivity contribution in [2.24, 2.45) is 0 Å². The number of nitrogens with one attached hydrogen (secondary N) is 2. The predicted molar refractivity (Wildman–Crippen MR) is 98.4 cm³/mol. The molecule has 0 aliphatic carbocycles. The molecule has 0 fully saturated rings. The molecule has 2 aliphatic heterocycles. The lowest BCUT2D eigenvalue weighted by Crippen LogP contribution is -2.15. The molecule has 0 bridgehead atoms. The molecule has 2 heterocycles. The molecular weight excluding hydrogens is 376 g/mol. The molecule has 1 amide bonds. The zero-order valence-corrected chi connectivity index (χ0v) is 15.4. The Labute approximate surface area is 155 Å². The minimum absolute atomic E-state index is 0.0735. The van der Waals surface area contributed by atoms with Gasteiger partial charge in [-0.1, -0.05) is 6.92 Å². The molecule has 2 aromatic carbocycles. The Hall–Kier alpha value is -2.39. The average Bonchev–Trinajstić information content (AvgIpc) is 2.97. The maximum atomic E-state index is 12.7. The number of ether oxygens (including phenoxy) is 2. The lowest BCUT2D eigenvalue weighted by Gasteiger charge is -2.12. The number of anilines is 2. The minimum atomic E-state index is -3.81. The number of thioether (sulfide) groups is 1. The second-order valence-electron chi connectivity index (χ2n) is 6.01. The van der Waals surface area contributed by atoms with E-state index in [1.165, 1.54) is 12.1 Å². The Morgan fingerprint density at radius 1 is 1.15 bits per heavy atom. The van der Waals surface area contributed by atoms with E-state index in [0.29, 0.717) is 29.3 Å². The van der Waals surface area contributed by atoms with Gasteiger partial charge in [-0.05, 0) is 30.3 Å². The number of sulfonamides is 1. The fourth-order valence-electron chi connectivity index (χ4n) is 2.77. The Bertz CT molecular complexity index is 991. The Morgan fingerprint density at radius 2 is 1.96 bits per heavy atom. The number of amides is 1. The van der Waals surface area contributed by atoms with Crippen LogP contribution >= 0.6 is 11.8 Å². The number of rotatable bonds is 3. The van der Waals surface area contributed by atoms with Crippen LogP contribution in [0.15, 0.2) is 46.2 Å². The maximum absolute atomic E-state index is 12.7. The van der Waals surface area contributed by atoms with Gasteiger partial charge in [-0.2, -0.15) is 0 Å². The highest BCUT2D eigenvalue weighted by Crippen LogP contribution is 2.37. The van der Waals surface area contributed by atoms with Crippen molar-refractivity contribution < 1.29 is 22.7 Å². The van der Waals surface area contributed by atoms with Crippen LogP contribution in [-0.2, 0) is 14.8 Å². The molecule has 2 aliphatic rings. The van der Waals surface area contributed by atoms with E-state index in [2.05, 4.69) is 10.0 Å². The van der Waals surface area contributed by atoms with Crippen LogP contribution in [0.2, 0.25) is 0 Å². The van der Waals surface area contributed by atoms with Crippen molar-refractivity contribution in [1.82, 2.24) is 0 Å². The van der Waals surface area contributed by atoms with Crippen molar-refractivity contribution in [3.05, 3.63) is 36.4 Å². The Balaban J connectivity index is 1.63. The lowest BCUT2D eigenvalue weighted by molar-refractivity contribution is -0.116. The molecule has 2 aromatic rings. The minimum Gasteiger partial charge on any atom is -0.454 e. The zero-order valence-electron chi connectivity index (χ0n) is 13.8. The quantitative estimate of drug-likeness (QED) is 0.834. The van der Waals surface area contributed by atoms with Gasteiger partial charge in [0.1, 0.15) is 0 Å². The van der Waals surface area contributed by atoms with Crippen LogP contribution in [0.5, 0.6) is 11.5 Å². The molecule has 26 heavy (non-hydrogen) atoms. The fourth-order valence-corrected chi connectivity index (χ4v) is 4.90. The second kappa shape index (κ2) is 6.40. The number of fused-ring (bicyclic) bond motifs is 2. The van der Waals surface area contributed by atoms with Crippen molar-refractivity contribution in [3.63, 3.8) is 0 Å². The number of benzene rings is 2.